The second-order valence-electron chi connectivity index (χ2n) is 9.25. The number of aromatic nitrogens is 6. The van der Waals surface area contributed by atoms with Gasteiger partial charge in [0.1, 0.15) is 17.0 Å². The SMILES string of the molecule is Fc1c(-c2cncc(CNCc3ccccc3)c2)ccc2[nH]nc(-c3nc4c(-c5ccsc5)nccc4[nH]3)c12. The lowest BCUT2D eigenvalue weighted by Crippen LogP contribution is -2.12. The summed E-state index contributed by atoms with van der Waals surface area (Å²) in [5.41, 5.74) is 7.66. The number of hydrogen-bond donors (Lipinski definition) is 3. The van der Waals surface area contributed by atoms with Gasteiger partial charge in [0.25, 0.3) is 0 Å². The Bertz CT molecular complexity index is 1910. The maximum Gasteiger partial charge on any atom is 0.159 e. The van der Waals surface area contributed by atoms with Gasteiger partial charge in [-0.25, -0.2) is 9.37 Å². The maximum absolute atomic E-state index is 16.1. The Morgan fingerprint density at radius 3 is 2.64 bits per heavy atom. The van der Waals surface area contributed by atoms with Crippen molar-refractivity contribution < 1.29 is 4.39 Å². The van der Waals surface area contributed by atoms with Crippen molar-refractivity contribution in [1.29, 1.82) is 0 Å². The van der Waals surface area contributed by atoms with Gasteiger partial charge >= 0.3 is 0 Å². The van der Waals surface area contributed by atoms with Crippen molar-refractivity contribution in [2.75, 3.05) is 0 Å². The lowest BCUT2D eigenvalue weighted by Gasteiger charge is -2.09. The molecular formula is C30H22FN7S. The van der Waals surface area contributed by atoms with Gasteiger partial charge in [-0.3, -0.25) is 15.1 Å². The van der Waals surface area contributed by atoms with Crippen molar-refractivity contribution >= 4 is 33.3 Å². The Morgan fingerprint density at radius 1 is 0.872 bits per heavy atom. The second kappa shape index (κ2) is 9.86. The molecule has 0 unspecified atom stereocenters. The predicted octanol–water partition coefficient (Wildman–Crippen LogP) is 6.72. The molecule has 0 spiro atoms. The Morgan fingerprint density at radius 2 is 1.77 bits per heavy atom. The molecule has 0 saturated heterocycles. The van der Waals surface area contributed by atoms with E-state index in [0.29, 0.717) is 40.1 Å². The van der Waals surface area contributed by atoms with Crippen molar-refractivity contribution in [3.8, 4) is 33.9 Å². The van der Waals surface area contributed by atoms with Crippen molar-refractivity contribution in [1.82, 2.24) is 35.5 Å². The summed E-state index contributed by atoms with van der Waals surface area (Å²) in [7, 11) is 0. The fraction of sp³-hybridized carbons (Fsp3) is 0.0667. The van der Waals surface area contributed by atoms with Gasteiger partial charge in [-0.2, -0.15) is 16.4 Å². The first-order chi connectivity index (χ1) is 19.2. The van der Waals surface area contributed by atoms with Gasteiger partial charge in [0, 0.05) is 53.8 Å². The van der Waals surface area contributed by atoms with Crippen LogP contribution in [0.1, 0.15) is 11.1 Å². The summed E-state index contributed by atoms with van der Waals surface area (Å²) in [6.45, 7) is 1.36. The highest BCUT2D eigenvalue weighted by Crippen LogP contribution is 2.35. The number of thiophene rings is 1. The molecule has 9 heteroatoms. The topological polar surface area (TPSA) is 95.2 Å². The van der Waals surface area contributed by atoms with Gasteiger partial charge in [-0.05, 0) is 46.8 Å². The van der Waals surface area contributed by atoms with Crippen LogP contribution in [0.2, 0.25) is 0 Å². The molecule has 190 valence electrons. The van der Waals surface area contributed by atoms with Crippen LogP contribution in [0.5, 0.6) is 0 Å². The van der Waals surface area contributed by atoms with Crippen molar-refractivity contribution in [2.24, 2.45) is 0 Å². The second-order valence-corrected chi connectivity index (χ2v) is 10.0. The molecule has 0 aliphatic carbocycles. The maximum atomic E-state index is 16.1. The summed E-state index contributed by atoms with van der Waals surface area (Å²) >= 11 is 1.60. The highest BCUT2D eigenvalue weighted by atomic mass is 32.1. The summed E-state index contributed by atoms with van der Waals surface area (Å²) in [6.07, 6.45) is 5.23. The molecule has 0 bridgehead atoms. The molecule has 5 heterocycles. The van der Waals surface area contributed by atoms with Crippen molar-refractivity contribution in [2.45, 2.75) is 13.1 Å². The Hall–Kier alpha value is -4.73. The van der Waals surface area contributed by atoms with Crippen LogP contribution in [-0.2, 0) is 13.1 Å². The average Bonchev–Trinajstić information content (AvgIpc) is 3.74. The fourth-order valence-electron chi connectivity index (χ4n) is 4.80. The van der Waals surface area contributed by atoms with E-state index in [1.807, 2.05) is 53.2 Å². The smallest absolute Gasteiger partial charge is 0.159 e. The third-order valence-electron chi connectivity index (χ3n) is 6.69. The molecule has 0 aliphatic rings. The first-order valence-corrected chi connectivity index (χ1v) is 13.4. The summed E-state index contributed by atoms with van der Waals surface area (Å²) in [5, 5.41) is 15.2. The molecule has 0 amide bonds. The summed E-state index contributed by atoms with van der Waals surface area (Å²) < 4.78 is 16.1. The number of nitrogens with zero attached hydrogens (tertiary/aromatic N) is 4. The number of benzene rings is 2. The number of imidazole rings is 1. The van der Waals surface area contributed by atoms with E-state index in [1.54, 1.807) is 36.0 Å². The molecule has 7 rings (SSSR count). The minimum absolute atomic E-state index is 0.371. The van der Waals surface area contributed by atoms with Gasteiger partial charge in [0.15, 0.2) is 5.82 Å². The molecule has 2 aromatic carbocycles. The minimum atomic E-state index is -0.371. The Kier molecular flexibility index (Phi) is 5.92. The zero-order valence-electron chi connectivity index (χ0n) is 20.6. The van der Waals surface area contributed by atoms with Crippen molar-refractivity contribution in [3.05, 3.63) is 107 Å². The number of fused-ring (bicyclic) bond motifs is 2. The quantitative estimate of drug-likeness (QED) is 0.212. The summed E-state index contributed by atoms with van der Waals surface area (Å²) in [4.78, 5) is 17.0. The van der Waals surface area contributed by atoms with Crippen LogP contribution in [0.15, 0.2) is 90.0 Å². The highest BCUT2D eigenvalue weighted by Gasteiger charge is 2.20. The third kappa shape index (κ3) is 4.37. The minimum Gasteiger partial charge on any atom is -0.336 e. The number of rotatable bonds is 7. The number of halogens is 1. The first kappa shape index (κ1) is 23.4. The highest BCUT2D eigenvalue weighted by molar-refractivity contribution is 7.08. The molecular weight excluding hydrogens is 509 g/mol. The van der Waals surface area contributed by atoms with E-state index in [1.165, 1.54) is 5.56 Å². The van der Waals surface area contributed by atoms with E-state index >= 15 is 4.39 Å². The summed E-state index contributed by atoms with van der Waals surface area (Å²) in [5.74, 6) is 0.109. The van der Waals surface area contributed by atoms with Gasteiger partial charge in [0.05, 0.1) is 22.1 Å². The Labute approximate surface area is 226 Å². The van der Waals surface area contributed by atoms with E-state index < -0.39 is 0 Å². The van der Waals surface area contributed by atoms with Gasteiger partial charge in [-0.15, -0.1) is 0 Å². The largest absolute Gasteiger partial charge is 0.336 e. The van der Waals surface area contributed by atoms with E-state index in [0.717, 1.165) is 34.4 Å². The third-order valence-corrected chi connectivity index (χ3v) is 7.38. The number of H-pyrrole nitrogens is 2. The van der Waals surface area contributed by atoms with E-state index in [9.17, 15) is 0 Å². The van der Waals surface area contributed by atoms with Gasteiger partial charge in [0.2, 0.25) is 0 Å². The molecule has 0 atom stereocenters. The van der Waals surface area contributed by atoms with Crippen LogP contribution in [0.25, 0.3) is 55.8 Å². The van der Waals surface area contributed by atoms with Crippen LogP contribution >= 0.6 is 11.3 Å². The van der Waals surface area contributed by atoms with Gasteiger partial charge < -0.3 is 10.3 Å². The van der Waals surface area contributed by atoms with Crippen LogP contribution < -0.4 is 5.32 Å². The van der Waals surface area contributed by atoms with Gasteiger partial charge in [-0.1, -0.05) is 30.3 Å². The molecule has 0 aliphatic heterocycles. The monoisotopic (exact) mass is 531 g/mol. The molecule has 39 heavy (non-hydrogen) atoms. The molecule has 3 N–H and O–H groups in total. The number of hydrogen-bond acceptors (Lipinski definition) is 6. The molecule has 5 aromatic heterocycles. The number of nitrogens with one attached hydrogen (secondary N) is 3. The van der Waals surface area contributed by atoms with E-state index in [2.05, 4.69) is 42.6 Å². The average molecular weight is 532 g/mol. The lowest BCUT2D eigenvalue weighted by molar-refractivity contribution is 0.643. The molecule has 7 nitrogen and oxygen atoms in total. The van der Waals surface area contributed by atoms with E-state index in [4.69, 9.17) is 4.98 Å². The first-order valence-electron chi connectivity index (χ1n) is 12.5. The fourth-order valence-corrected chi connectivity index (χ4v) is 5.44. The van der Waals surface area contributed by atoms with Crippen LogP contribution in [0, 0.1) is 5.82 Å². The van der Waals surface area contributed by atoms with Crippen LogP contribution in [0.3, 0.4) is 0 Å². The molecule has 0 saturated carbocycles. The van der Waals surface area contributed by atoms with E-state index in [-0.39, 0.29) is 5.82 Å². The lowest BCUT2D eigenvalue weighted by atomic mass is 10.0. The van der Waals surface area contributed by atoms with Crippen molar-refractivity contribution in [3.63, 3.8) is 0 Å². The zero-order chi connectivity index (χ0) is 26.2. The number of aromatic amines is 2. The standard InChI is InChI=1S/C30H22FN7S/c31-26-22(21-12-19(15-33-16-21)14-32-13-18-4-2-1-3-5-18)6-7-23-25(26)29(38-37-23)30-35-24-8-10-34-27(28(24)36-30)20-9-11-39-17-20/h1-12,15-17,32H,13-14H2,(H,35,36)(H,37,38). The predicted molar refractivity (Wildman–Crippen MR) is 152 cm³/mol. The van der Waals surface area contributed by atoms with Crippen LogP contribution in [-0.4, -0.2) is 30.1 Å². The molecule has 7 aromatic rings. The van der Waals surface area contributed by atoms with Crippen LogP contribution in [0.4, 0.5) is 4.39 Å². The summed E-state index contributed by atoms with van der Waals surface area (Å²) in [6, 6.07) is 19.6. The Balaban J connectivity index is 1.23. The molecule has 0 radical (unpaired) electrons. The normalized spacial score (nSPS) is 11.5. The number of pyridine rings is 2. The molecule has 0 fully saturated rings. The zero-order valence-corrected chi connectivity index (χ0v) is 21.5.